The maximum Gasteiger partial charge on any atom is 0.265 e. The molecule has 164 valence electrons. The minimum Gasteiger partial charge on any atom is -0.298 e. The van der Waals surface area contributed by atoms with Crippen LogP contribution in [0.3, 0.4) is 0 Å². The lowest BCUT2D eigenvalue weighted by Gasteiger charge is -2.27. The number of halogens is 2. The fraction of sp³-hybridized carbons (Fsp3) is 0.136. The second-order valence-electron chi connectivity index (χ2n) is 7.21. The molecule has 2 aromatic carbocycles. The minimum absolute atomic E-state index is 0.0558. The number of fused-ring (bicyclic) bond motifs is 1. The lowest BCUT2D eigenvalue weighted by Crippen LogP contribution is -2.42. The fourth-order valence-corrected chi connectivity index (χ4v) is 6.60. The molecule has 1 aliphatic rings. The molecule has 3 aromatic rings. The number of benzene rings is 2. The number of amides is 2. The quantitative estimate of drug-likeness (QED) is 0.421. The van der Waals surface area contributed by atoms with Crippen LogP contribution >= 0.6 is 38.9 Å². The Labute approximate surface area is 201 Å². The van der Waals surface area contributed by atoms with Crippen molar-refractivity contribution in [1.29, 1.82) is 0 Å². The van der Waals surface area contributed by atoms with E-state index in [9.17, 15) is 22.8 Å². The molecule has 0 saturated heterocycles. The summed E-state index contributed by atoms with van der Waals surface area (Å²) in [5.74, 6) is -1.84. The Morgan fingerprint density at radius 3 is 2.44 bits per heavy atom. The van der Waals surface area contributed by atoms with Crippen LogP contribution in [0.4, 0.5) is 5.69 Å². The van der Waals surface area contributed by atoms with Crippen LogP contribution in [0.1, 0.15) is 21.5 Å². The molecule has 0 saturated carbocycles. The number of sulfone groups is 1. The van der Waals surface area contributed by atoms with Gasteiger partial charge in [0.25, 0.3) is 5.91 Å². The predicted octanol–water partition coefficient (Wildman–Crippen LogP) is 4.48. The summed E-state index contributed by atoms with van der Waals surface area (Å²) in [4.78, 5) is 38.9. The second kappa shape index (κ2) is 8.90. The number of imide groups is 1. The van der Waals surface area contributed by atoms with Crippen LogP contribution in [0.25, 0.3) is 0 Å². The first-order valence-electron chi connectivity index (χ1n) is 9.38. The van der Waals surface area contributed by atoms with Crippen molar-refractivity contribution in [3.05, 3.63) is 80.1 Å². The summed E-state index contributed by atoms with van der Waals surface area (Å²) in [6, 6.07) is 14.5. The van der Waals surface area contributed by atoms with Crippen LogP contribution in [0.2, 0.25) is 4.34 Å². The van der Waals surface area contributed by atoms with Crippen molar-refractivity contribution in [3.8, 4) is 0 Å². The highest BCUT2D eigenvalue weighted by atomic mass is 79.9. The molecule has 0 bridgehead atoms. The molecule has 1 aliphatic heterocycles. The molecule has 0 fully saturated rings. The summed E-state index contributed by atoms with van der Waals surface area (Å²) in [5.41, 5.74) is 2.10. The summed E-state index contributed by atoms with van der Waals surface area (Å²) in [7, 11) is -3.75. The van der Waals surface area contributed by atoms with E-state index < -0.39 is 27.3 Å². The highest BCUT2D eigenvalue weighted by Crippen LogP contribution is 2.29. The van der Waals surface area contributed by atoms with Crippen molar-refractivity contribution in [2.75, 3.05) is 10.7 Å². The van der Waals surface area contributed by atoms with Gasteiger partial charge in [0.05, 0.1) is 16.4 Å². The Morgan fingerprint density at radius 2 is 1.78 bits per heavy atom. The summed E-state index contributed by atoms with van der Waals surface area (Å²) < 4.78 is 25.8. The van der Waals surface area contributed by atoms with Gasteiger partial charge < -0.3 is 0 Å². The molecule has 0 radical (unpaired) electrons. The summed E-state index contributed by atoms with van der Waals surface area (Å²) in [6.45, 7) is 0. The van der Waals surface area contributed by atoms with Crippen LogP contribution in [0.5, 0.6) is 0 Å². The molecule has 10 heteroatoms. The molecule has 1 aromatic heterocycles. The Hall–Kier alpha value is -2.33. The molecule has 0 N–H and O–H groups in total. The molecular formula is C22H15BrClNO5S2. The van der Waals surface area contributed by atoms with Gasteiger partial charge in [-0.1, -0.05) is 45.7 Å². The van der Waals surface area contributed by atoms with Crippen LogP contribution in [-0.2, 0) is 32.3 Å². The SMILES string of the molecule is O=C(Cc1ccc(N2C(=O)Cc3ccc(Br)cc3C2=O)cc1)CS(=O)(=O)c1ccc(Cl)s1. The molecule has 2 heterocycles. The smallest absolute Gasteiger partial charge is 0.265 e. The van der Waals surface area contributed by atoms with Gasteiger partial charge in [-0.15, -0.1) is 11.3 Å². The summed E-state index contributed by atoms with van der Waals surface area (Å²) >= 11 is 10.0. The van der Waals surface area contributed by atoms with Gasteiger partial charge in [-0.2, -0.15) is 0 Å². The molecule has 0 unspecified atom stereocenters. The third-order valence-corrected chi connectivity index (χ3v) is 8.88. The van der Waals surface area contributed by atoms with Crippen LogP contribution in [-0.4, -0.2) is 31.8 Å². The zero-order valence-corrected chi connectivity index (χ0v) is 20.4. The number of anilines is 1. The molecule has 2 amide bonds. The number of thiophene rings is 1. The lowest BCUT2D eigenvalue weighted by atomic mass is 9.98. The number of carbonyl (C=O) groups excluding carboxylic acids is 3. The maximum atomic E-state index is 12.9. The molecule has 32 heavy (non-hydrogen) atoms. The molecule has 6 nitrogen and oxygen atoms in total. The number of ketones is 1. The van der Waals surface area contributed by atoms with Gasteiger partial charge in [0.1, 0.15) is 9.96 Å². The van der Waals surface area contributed by atoms with E-state index in [2.05, 4.69) is 15.9 Å². The highest BCUT2D eigenvalue weighted by Gasteiger charge is 2.32. The van der Waals surface area contributed by atoms with Gasteiger partial charge >= 0.3 is 0 Å². The van der Waals surface area contributed by atoms with Crippen molar-refractivity contribution in [2.45, 2.75) is 17.1 Å². The molecule has 4 rings (SSSR count). The zero-order chi connectivity index (χ0) is 23.0. The first-order valence-corrected chi connectivity index (χ1v) is 13.0. The van der Waals surface area contributed by atoms with E-state index in [1.807, 2.05) is 0 Å². The van der Waals surface area contributed by atoms with Gasteiger partial charge in [0.2, 0.25) is 5.91 Å². The Bertz CT molecular complexity index is 1350. The second-order valence-corrected chi connectivity index (χ2v) is 12.1. The standard InChI is InChI=1S/C22H15BrClNO5S2/c23-15-4-3-14-10-20(27)25(22(28)18(14)11-15)16-5-1-13(2-6-16)9-17(26)12-32(29,30)21-8-7-19(24)31-21/h1-8,11H,9-10,12H2. The average molecular weight is 553 g/mol. The van der Waals surface area contributed by atoms with Crippen molar-refractivity contribution in [2.24, 2.45) is 0 Å². The number of nitrogens with zero attached hydrogens (tertiary/aromatic N) is 1. The third kappa shape index (κ3) is 4.71. The first-order chi connectivity index (χ1) is 15.1. The number of rotatable bonds is 6. The van der Waals surface area contributed by atoms with E-state index >= 15 is 0 Å². The van der Waals surface area contributed by atoms with Gasteiger partial charge in [-0.25, -0.2) is 13.3 Å². The van der Waals surface area contributed by atoms with Gasteiger partial charge in [0.15, 0.2) is 15.6 Å². The predicted molar refractivity (Wildman–Crippen MR) is 126 cm³/mol. The van der Waals surface area contributed by atoms with Crippen LogP contribution in [0.15, 0.2) is 63.3 Å². The number of hydrogen-bond donors (Lipinski definition) is 0. The highest BCUT2D eigenvalue weighted by molar-refractivity contribution is 9.10. The fourth-order valence-electron chi connectivity index (χ4n) is 3.43. The summed E-state index contributed by atoms with van der Waals surface area (Å²) in [5, 5.41) is 0. The molecule has 0 atom stereocenters. The minimum atomic E-state index is -3.75. The van der Waals surface area contributed by atoms with Crippen molar-refractivity contribution in [1.82, 2.24) is 0 Å². The average Bonchev–Trinajstić information content (AvgIpc) is 3.17. The Morgan fingerprint density at radius 1 is 1.06 bits per heavy atom. The van der Waals surface area contributed by atoms with Crippen molar-refractivity contribution < 1.29 is 22.8 Å². The van der Waals surface area contributed by atoms with E-state index in [0.717, 1.165) is 20.7 Å². The Balaban J connectivity index is 1.48. The van der Waals surface area contributed by atoms with Gasteiger partial charge in [-0.3, -0.25) is 14.4 Å². The van der Waals surface area contributed by atoms with Crippen LogP contribution < -0.4 is 4.90 Å². The monoisotopic (exact) mass is 551 g/mol. The van der Waals surface area contributed by atoms with E-state index in [0.29, 0.717) is 26.7 Å². The van der Waals surface area contributed by atoms with E-state index in [-0.39, 0.29) is 23.0 Å². The van der Waals surface area contributed by atoms with Crippen molar-refractivity contribution in [3.63, 3.8) is 0 Å². The van der Waals surface area contributed by atoms with E-state index in [1.165, 1.54) is 12.1 Å². The molecule has 0 aliphatic carbocycles. The zero-order valence-electron chi connectivity index (χ0n) is 16.4. The topological polar surface area (TPSA) is 88.6 Å². The molecule has 0 spiro atoms. The van der Waals surface area contributed by atoms with E-state index in [4.69, 9.17) is 11.6 Å². The van der Waals surface area contributed by atoms with Gasteiger partial charge in [0, 0.05) is 16.5 Å². The maximum absolute atomic E-state index is 12.9. The van der Waals surface area contributed by atoms with E-state index in [1.54, 1.807) is 42.5 Å². The molecular weight excluding hydrogens is 538 g/mol. The Kier molecular flexibility index (Phi) is 6.35. The van der Waals surface area contributed by atoms with Crippen molar-refractivity contribution >= 4 is 72.0 Å². The third-order valence-electron chi connectivity index (χ3n) is 4.90. The normalized spacial score (nSPS) is 13.9. The van der Waals surface area contributed by atoms with Crippen LogP contribution in [0, 0.1) is 0 Å². The summed E-state index contributed by atoms with van der Waals surface area (Å²) in [6.07, 6.45) is 0.0233. The number of carbonyl (C=O) groups is 3. The first kappa shape index (κ1) is 22.8. The number of hydrogen-bond acceptors (Lipinski definition) is 6. The lowest BCUT2D eigenvalue weighted by molar-refractivity contribution is -0.118. The van der Waals surface area contributed by atoms with Gasteiger partial charge in [-0.05, 0) is 47.5 Å². The largest absolute Gasteiger partial charge is 0.298 e. The number of Topliss-reactive ketones (excluding diaryl/α,β-unsaturated/α-hetero) is 1.